The third kappa shape index (κ3) is 6.64. The van der Waals surface area contributed by atoms with Crippen molar-refractivity contribution in [2.24, 2.45) is 5.92 Å². The van der Waals surface area contributed by atoms with Gasteiger partial charge in [-0.15, -0.1) is 0 Å². The standard InChI is InChI=1S/C13H27NO3/c1-6-14-13(5,12(15)17-7-2)8-9-16-10-11(3)4/h11,14H,6-10H2,1-5H3. The Labute approximate surface area is 105 Å². The van der Waals surface area contributed by atoms with Crippen LogP contribution in [0, 0.1) is 5.92 Å². The van der Waals surface area contributed by atoms with Crippen LogP contribution in [0.4, 0.5) is 0 Å². The third-order valence-electron chi connectivity index (χ3n) is 2.49. The summed E-state index contributed by atoms with van der Waals surface area (Å²) in [6, 6.07) is 0. The average molecular weight is 245 g/mol. The third-order valence-corrected chi connectivity index (χ3v) is 2.49. The van der Waals surface area contributed by atoms with E-state index >= 15 is 0 Å². The molecule has 0 fully saturated rings. The second-order valence-electron chi connectivity index (χ2n) is 4.80. The monoisotopic (exact) mass is 245 g/mol. The highest BCUT2D eigenvalue weighted by Gasteiger charge is 2.33. The van der Waals surface area contributed by atoms with Gasteiger partial charge in [-0.25, -0.2) is 0 Å². The molecular weight excluding hydrogens is 218 g/mol. The Kier molecular flexibility index (Phi) is 8.17. The zero-order chi connectivity index (χ0) is 13.3. The number of hydrogen-bond acceptors (Lipinski definition) is 4. The van der Waals surface area contributed by atoms with E-state index in [1.807, 2.05) is 20.8 Å². The first-order valence-electron chi connectivity index (χ1n) is 6.46. The summed E-state index contributed by atoms with van der Waals surface area (Å²) in [6.07, 6.45) is 0.631. The minimum atomic E-state index is -0.637. The predicted octanol–water partition coefficient (Wildman–Crippen LogP) is 1.98. The van der Waals surface area contributed by atoms with Crippen LogP contribution in [0.25, 0.3) is 0 Å². The van der Waals surface area contributed by atoms with Crippen molar-refractivity contribution >= 4 is 5.97 Å². The average Bonchev–Trinajstić information content (AvgIpc) is 2.25. The van der Waals surface area contributed by atoms with Gasteiger partial charge in [0, 0.05) is 13.2 Å². The lowest BCUT2D eigenvalue weighted by atomic mass is 9.98. The van der Waals surface area contributed by atoms with Gasteiger partial charge in [0.15, 0.2) is 0 Å². The van der Waals surface area contributed by atoms with E-state index in [1.165, 1.54) is 0 Å². The van der Waals surface area contributed by atoms with Crippen LogP contribution in [0.1, 0.15) is 41.0 Å². The normalized spacial score (nSPS) is 14.7. The van der Waals surface area contributed by atoms with Crippen LogP contribution in [-0.2, 0) is 14.3 Å². The van der Waals surface area contributed by atoms with E-state index in [-0.39, 0.29) is 5.97 Å². The molecular formula is C13H27NO3. The minimum Gasteiger partial charge on any atom is -0.465 e. The Morgan fingerprint density at radius 3 is 2.47 bits per heavy atom. The highest BCUT2D eigenvalue weighted by Crippen LogP contribution is 2.12. The number of ether oxygens (including phenoxy) is 2. The first-order chi connectivity index (χ1) is 7.96. The summed E-state index contributed by atoms with van der Waals surface area (Å²) in [6.45, 7) is 12.3. The Bertz CT molecular complexity index is 219. The molecule has 17 heavy (non-hydrogen) atoms. The molecule has 0 aliphatic carbocycles. The van der Waals surface area contributed by atoms with Gasteiger partial charge in [-0.1, -0.05) is 20.8 Å². The lowest BCUT2D eigenvalue weighted by molar-refractivity contribution is -0.151. The molecule has 102 valence electrons. The van der Waals surface area contributed by atoms with Gasteiger partial charge >= 0.3 is 5.97 Å². The summed E-state index contributed by atoms with van der Waals surface area (Å²) in [5.41, 5.74) is -0.637. The Morgan fingerprint density at radius 1 is 1.35 bits per heavy atom. The summed E-state index contributed by atoms with van der Waals surface area (Å²) in [7, 11) is 0. The molecule has 0 aliphatic heterocycles. The van der Waals surface area contributed by atoms with Gasteiger partial charge < -0.3 is 14.8 Å². The molecule has 4 nitrogen and oxygen atoms in total. The maximum absolute atomic E-state index is 11.8. The van der Waals surface area contributed by atoms with Crippen molar-refractivity contribution in [3.63, 3.8) is 0 Å². The molecule has 0 aromatic carbocycles. The van der Waals surface area contributed by atoms with Crippen LogP contribution in [-0.4, -0.2) is 37.9 Å². The van der Waals surface area contributed by atoms with Crippen molar-refractivity contribution in [2.45, 2.75) is 46.6 Å². The molecule has 0 heterocycles. The van der Waals surface area contributed by atoms with E-state index < -0.39 is 5.54 Å². The van der Waals surface area contributed by atoms with E-state index in [0.29, 0.717) is 25.6 Å². The first kappa shape index (κ1) is 16.4. The zero-order valence-electron chi connectivity index (χ0n) is 11.8. The van der Waals surface area contributed by atoms with Crippen molar-refractivity contribution in [1.82, 2.24) is 5.32 Å². The molecule has 0 radical (unpaired) electrons. The molecule has 0 aromatic heterocycles. The number of carbonyl (C=O) groups is 1. The van der Waals surface area contributed by atoms with Crippen LogP contribution in [0.3, 0.4) is 0 Å². The topological polar surface area (TPSA) is 47.6 Å². The highest BCUT2D eigenvalue weighted by molar-refractivity contribution is 5.80. The largest absolute Gasteiger partial charge is 0.465 e. The number of nitrogens with one attached hydrogen (secondary N) is 1. The van der Waals surface area contributed by atoms with Crippen molar-refractivity contribution < 1.29 is 14.3 Å². The summed E-state index contributed by atoms with van der Waals surface area (Å²) >= 11 is 0. The van der Waals surface area contributed by atoms with E-state index in [0.717, 1.165) is 13.2 Å². The lowest BCUT2D eigenvalue weighted by Crippen LogP contribution is -2.51. The maximum Gasteiger partial charge on any atom is 0.326 e. The summed E-state index contributed by atoms with van der Waals surface area (Å²) < 4.78 is 10.6. The molecule has 0 spiro atoms. The molecule has 0 bridgehead atoms. The fraction of sp³-hybridized carbons (Fsp3) is 0.923. The van der Waals surface area contributed by atoms with E-state index in [9.17, 15) is 4.79 Å². The summed E-state index contributed by atoms with van der Waals surface area (Å²) in [5, 5.41) is 3.18. The van der Waals surface area contributed by atoms with Crippen LogP contribution >= 0.6 is 0 Å². The molecule has 4 heteroatoms. The van der Waals surface area contributed by atoms with Crippen molar-refractivity contribution in [2.75, 3.05) is 26.4 Å². The van der Waals surface area contributed by atoms with E-state index in [1.54, 1.807) is 0 Å². The molecule has 0 amide bonds. The maximum atomic E-state index is 11.8. The molecule has 1 atom stereocenters. The van der Waals surface area contributed by atoms with Crippen LogP contribution in [0.5, 0.6) is 0 Å². The molecule has 0 saturated carbocycles. The van der Waals surface area contributed by atoms with Crippen LogP contribution in [0.15, 0.2) is 0 Å². The zero-order valence-corrected chi connectivity index (χ0v) is 11.8. The Morgan fingerprint density at radius 2 is 2.00 bits per heavy atom. The van der Waals surface area contributed by atoms with Crippen LogP contribution < -0.4 is 5.32 Å². The molecule has 0 aromatic rings. The van der Waals surface area contributed by atoms with Crippen molar-refractivity contribution in [1.29, 1.82) is 0 Å². The molecule has 0 rings (SSSR count). The van der Waals surface area contributed by atoms with E-state index in [2.05, 4.69) is 19.2 Å². The van der Waals surface area contributed by atoms with Gasteiger partial charge in [0.2, 0.25) is 0 Å². The smallest absolute Gasteiger partial charge is 0.326 e. The second-order valence-corrected chi connectivity index (χ2v) is 4.80. The fourth-order valence-electron chi connectivity index (χ4n) is 1.54. The quantitative estimate of drug-likeness (QED) is 0.498. The molecule has 1 unspecified atom stereocenters. The van der Waals surface area contributed by atoms with Crippen molar-refractivity contribution in [3.8, 4) is 0 Å². The number of hydrogen-bond donors (Lipinski definition) is 1. The fourth-order valence-corrected chi connectivity index (χ4v) is 1.54. The molecule has 0 aliphatic rings. The van der Waals surface area contributed by atoms with Gasteiger partial charge in [0.1, 0.15) is 5.54 Å². The van der Waals surface area contributed by atoms with Gasteiger partial charge in [-0.05, 0) is 32.7 Å². The van der Waals surface area contributed by atoms with Gasteiger partial charge in [0.05, 0.1) is 6.61 Å². The molecule has 0 saturated heterocycles. The Balaban J connectivity index is 4.16. The summed E-state index contributed by atoms with van der Waals surface area (Å²) in [5.74, 6) is 0.318. The second kappa shape index (κ2) is 8.48. The number of carbonyl (C=O) groups excluding carboxylic acids is 1. The number of esters is 1. The van der Waals surface area contributed by atoms with Gasteiger partial charge in [-0.3, -0.25) is 4.79 Å². The first-order valence-corrected chi connectivity index (χ1v) is 6.46. The van der Waals surface area contributed by atoms with Gasteiger partial charge in [0.25, 0.3) is 0 Å². The summed E-state index contributed by atoms with van der Waals surface area (Å²) in [4.78, 5) is 11.8. The van der Waals surface area contributed by atoms with Gasteiger partial charge in [-0.2, -0.15) is 0 Å². The predicted molar refractivity (Wildman–Crippen MR) is 69.0 cm³/mol. The highest BCUT2D eigenvalue weighted by atomic mass is 16.5. The number of rotatable bonds is 9. The Hall–Kier alpha value is -0.610. The number of likely N-dealkylation sites (N-methyl/N-ethyl adjacent to an activating group) is 1. The SMILES string of the molecule is CCNC(C)(CCOCC(C)C)C(=O)OCC. The van der Waals surface area contributed by atoms with E-state index in [4.69, 9.17) is 9.47 Å². The van der Waals surface area contributed by atoms with Crippen molar-refractivity contribution in [3.05, 3.63) is 0 Å². The van der Waals surface area contributed by atoms with Crippen LogP contribution in [0.2, 0.25) is 0 Å². The molecule has 1 N–H and O–H groups in total. The lowest BCUT2D eigenvalue weighted by Gasteiger charge is -2.28. The minimum absolute atomic E-state index is 0.199.